The quantitative estimate of drug-likeness (QED) is 0.510. The maximum Gasteiger partial charge on any atom is 0.410 e. The van der Waals surface area contributed by atoms with Gasteiger partial charge >= 0.3 is 12.2 Å². The number of amides is 2. The third kappa shape index (κ3) is 7.16. The van der Waals surface area contributed by atoms with E-state index in [-0.39, 0.29) is 24.4 Å². The fourth-order valence-electron chi connectivity index (χ4n) is 3.74. The molecule has 2 heterocycles. The molecular formula is C19H34N2O10. The molecule has 8 atom stereocenters. The molecule has 31 heavy (non-hydrogen) atoms. The van der Waals surface area contributed by atoms with Crippen LogP contribution in [0.4, 0.5) is 9.59 Å². The summed E-state index contributed by atoms with van der Waals surface area (Å²) in [5, 5.41) is 5.34. The predicted octanol–water partition coefficient (Wildman–Crippen LogP) is 0.726. The first kappa shape index (κ1) is 25.6. The van der Waals surface area contributed by atoms with Crippen molar-refractivity contribution in [2.24, 2.45) is 0 Å². The Hall–Kier alpha value is -1.70. The van der Waals surface area contributed by atoms with Crippen molar-refractivity contribution in [3.63, 3.8) is 0 Å². The van der Waals surface area contributed by atoms with Gasteiger partial charge in [0.05, 0.1) is 36.5 Å². The average molecular weight is 450 g/mol. The molecule has 0 radical (unpaired) electrons. The monoisotopic (exact) mass is 450 g/mol. The number of alkyl carbamates (subject to hydrolysis) is 2. The molecular weight excluding hydrogens is 416 g/mol. The zero-order chi connectivity index (χ0) is 23.0. The lowest BCUT2D eigenvalue weighted by atomic mass is 9.99. The second-order valence-corrected chi connectivity index (χ2v) is 7.35. The van der Waals surface area contributed by atoms with Gasteiger partial charge in [0, 0.05) is 41.3 Å². The van der Waals surface area contributed by atoms with E-state index >= 15 is 0 Å². The van der Waals surface area contributed by atoms with Gasteiger partial charge in [-0.3, -0.25) is 0 Å². The van der Waals surface area contributed by atoms with Gasteiger partial charge in [0.15, 0.2) is 12.6 Å². The molecule has 2 N–H and O–H groups in total. The molecule has 2 rings (SSSR count). The number of hydrogen-bond acceptors (Lipinski definition) is 10. The normalized spacial score (nSPS) is 35.8. The second kappa shape index (κ2) is 12.4. The lowest BCUT2D eigenvalue weighted by molar-refractivity contribution is -0.213. The predicted molar refractivity (Wildman–Crippen MR) is 105 cm³/mol. The third-order valence-electron chi connectivity index (χ3n) is 5.48. The first-order valence-electron chi connectivity index (χ1n) is 10.1. The molecule has 2 aliphatic heterocycles. The van der Waals surface area contributed by atoms with Gasteiger partial charge in [-0.15, -0.1) is 0 Å². The van der Waals surface area contributed by atoms with Crippen LogP contribution in [0.2, 0.25) is 0 Å². The Bertz CT molecular complexity index is 532. The molecule has 0 saturated carbocycles. The van der Waals surface area contributed by atoms with Crippen molar-refractivity contribution in [2.45, 2.75) is 75.8 Å². The molecule has 2 saturated heterocycles. The molecule has 0 aromatic carbocycles. The van der Waals surface area contributed by atoms with Crippen LogP contribution >= 0.6 is 0 Å². The SMILES string of the molecule is CO[C@H]1C[C@H](OC)[C@H](NC(=O)OCOC(=O)N[C@@H]2[C@H](C)O[C@@H](OC)C[C@@H]2OC)[C@H](C)O1. The van der Waals surface area contributed by atoms with Crippen LogP contribution in [0.15, 0.2) is 0 Å². The first-order valence-corrected chi connectivity index (χ1v) is 10.1. The molecule has 0 unspecified atom stereocenters. The van der Waals surface area contributed by atoms with Crippen LogP contribution in [-0.2, 0) is 37.9 Å². The van der Waals surface area contributed by atoms with E-state index in [4.69, 9.17) is 37.9 Å². The van der Waals surface area contributed by atoms with E-state index in [0.717, 1.165) is 0 Å². The van der Waals surface area contributed by atoms with E-state index in [2.05, 4.69) is 10.6 Å². The van der Waals surface area contributed by atoms with Gasteiger partial charge in [-0.2, -0.15) is 0 Å². The number of nitrogens with one attached hydrogen (secondary N) is 2. The zero-order valence-electron chi connectivity index (χ0n) is 18.8. The maximum atomic E-state index is 12.1. The average Bonchev–Trinajstić information content (AvgIpc) is 2.75. The van der Waals surface area contributed by atoms with Crippen LogP contribution in [0.5, 0.6) is 0 Å². The molecule has 0 aromatic rings. The summed E-state index contributed by atoms with van der Waals surface area (Å²) in [6.07, 6.45) is -2.83. The maximum absolute atomic E-state index is 12.1. The van der Waals surface area contributed by atoms with Crippen molar-refractivity contribution in [1.29, 1.82) is 0 Å². The van der Waals surface area contributed by atoms with Gasteiger partial charge in [-0.05, 0) is 13.8 Å². The summed E-state index contributed by atoms with van der Waals surface area (Å²) in [5.74, 6) is 0. The molecule has 0 aromatic heterocycles. The fourth-order valence-corrected chi connectivity index (χ4v) is 3.74. The minimum absolute atomic E-state index is 0.319. The summed E-state index contributed by atoms with van der Waals surface area (Å²) in [6, 6.07) is -0.900. The number of carbonyl (C=O) groups is 2. The van der Waals surface area contributed by atoms with Crippen molar-refractivity contribution in [3.8, 4) is 0 Å². The number of ether oxygens (including phenoxy) is 8. The highest BCUT2D eigenvalue weighted by Gasteiger charge is 2.39. The van der Waals surface area contributed by atoms with E-state index in [0.29, 0.717) is 12.8 Å². The molecule has 2 amide bonds. The Morgan fingerprint density at radius 2 is 1.13 bits per heavy atom. The van der Waals surface area contributed by atoms with Crippen molar-refractivity contribution in [2.75, 3.05) is 35.2 Å². The Kier molecular flexibility index (Phi) is 10.2. The van der Waals surface area contributed by atoms with Crippen LogP contribution in [0, 0.1) is 0 Å². The molecule has 2 aliphatic rings. The van der Waals surface area contributed by atoms with E-state index in [1.807, 2.05) is 0 Å². The minimum atomic E-state index is -0.766. The summed E-state index contributed by atoms with van der Waals surface area (Å²) in [6.45, 7) is 3.01. The summed E-state index contributed by atoms with van der Waals surface area (Å²) < 4.78 is 42.5. The van der Waals surface area contributed by atoms with Gasteiger partial charge in [0.1, 0.15) is 0 Å². The lowest BCUT2D eigenvalue weighted by Crippen LogP contribution is -2.57. The minimum Gasteiger partial charge on any atom is -0.412 e. The molecule has 180 valence electrons. The van der Waals surface area contributed by atoms with Crippen LogP contribution in [0.1, 0.15) is 26.7 Å². The van der Waals surface area contributed by atoms with Crippen molar-refractivity contribution >= 4 is 12.2 Å². The standard InChI is InChI=1S/C19H34N2O10/c1-10-16(12(24-3)7-14(26-5)30-10)20-18(22)28-9-29-19(23)21-17-11(2)31-15(27-6)8-13(17)25-4/h10-17H,7-9H2,1-6H3,(H,20,22)(H,21,23)/t10-,11-,12-,13-,14+,15+,16+,17+/m0/s1. The van der Waals surface area contributed by atoms with Crippen molar-refractivity contribution < 1.29 is 47.5 Å². The van der Waals surface area contributed by atoms with E-state index in [9.17, 15) is 9.59 Å². The summed E-state index contributed by atoms with van der Waals surface area (Å²) in [4.78, 5) is 24.2. The smallest absolute Gasteiger partial charge is 0.410 e. The Morgan fingerprint density at radius 1 is 0.742 bits per heavy atom. The van der Waals surface area contributed by atoms with Crippen LogP contribution in [0.3, 0.4) is 0 Å². The van der Waals surface area contributed by atoms with Crippen molar-refractivity contribution in [3.05, 3.63) is 0 Å². The highest BCUT2D eigenvalue weighted by molar-refractivity contribution is 5.69. The number of methoxy groups -OCH3 is 4. The first-order chi connectivity index (χ1) is 14.8. The summed E-state index contributed by atoms with van der Waals surface area (Å²) in [7, 11) is 6.17. The van der Waals surface area contributed by atoms with Crippen molar-refractivity contribution in [1.82, 2.24) is 10.6 Å². The number of carbonyl (C=O) groups excluding carboxylic acids is 2. The van der Waals surface area contributed by atoms with Gasteiger partial charge in [0.2, 0.25) is 6.79 Å². The Morgan fingerprint density at radius 3 is 1.45 bits per heavy atom. The fraction of sp³-hybridized carbons (Fsp3) is 0.895. The van der Waals surface area contributed by atoms with Gasteiger partial charge < -0.3 is 48.5 Å². The molecule has 12 nitrogen and oxygen atoms in total. The molecule has 12 heteroatoms. The Labute approximate surface area is 182 Å². The van der Waals surface area contributed by atoms with Crippen LogP contribution in [-0.4, -0.2) is 96.5 Å². The summed E-state index contributed by atoms with van der Waals surface area (Å²) in [5.41, 5.74) is 0. The lowest BCUT2D eigenvalue weighted by Gasteiger charge is -2.39. The van der Waals surface area contributed by atoms with E-state index in [1.54, 1.807) is 42.3 Å². The van der Waals surface area contributed by atoms with E-state index < -0.39 is 43.6 Å². The zero-order valence-corrected chi connectivity index (χ0v) is 18.8. The largest absolute Gasteiger partial charge is 0.412 e. The van der Waals surface area contributed by atoms with Gasteiger partial charge in [-0.1, -0.05) is 0 Å². The molecule has 0 bridgehead atoms. The van der Waals surface area contributed by atoms with Gasteiger partial charge in [-0.25, -0.2) is 9.59 Å². The van der Waals surface area contributed by atoms with Crippen LogP contribution in [0.25, 0.3) is 0 Å². The van der Waals surface area contributed by atoms with Gasteiger partial charge in [0.25, 0.3) is 0 Å². The van der Waals surface area contributed by atoms with Crippen LogP contribution < -0.4 is 10.6 Å². The molecule has 2 fully saturated rings. The summed E-state index contributed by atoms with van der Waals surface area (Å²) >= 11 is 0. The highest BCUT2D eigenvalue weighted by atomic mass is 16.7. The number of hydrogen-bond donors (Lipinski definition) is 2. The second-order valence-electron chi connectivity index (χ2n) is 7.35. The Balaban J connectivity index is 1.75. The third-order valence-corrected chi connectivity index (χ3v) is 5.48. The van der Waals surface area contributed by atoms with E-state index in [1.165, 1.54) is 0 Å². The highest BCUT2D eigenvalue weighted by Crippen LogP contribution is 2.24. The number of rotatable bonds is 8. The molecule has 0 spiro atoms. The molecule has 0 aliphatic carbocycles. The topological polar surface area (TPSA) is 132 Å².